The summed E-state index contributed by atoms with van der Waals surface area (Å²) in [5, 5.41) is 34.3. The molecule has 67 heavy (non-hydrogen) atoms. The van der Waals surface area contributed by atoms with E-state index in [1.54, 1.807) is 0 Å². The number of hydrogen-bond donors (Lipinski definition) is 0. The van der Waals surface area contributed by atoms with E-state index in [1.165, 1.54) is 0 Å². The third kappa shape index (κ3) is 5.86. The summed E-state index contributed by atoms with van der Waals surface area (Å²) in [6, 6.07) is 80.7. The van der Waals surface area contributed by atoms with E-state index in [-0.39, 0.29) is 0 Å². The zero-order valence-electron chi connectivity index (χ0n) is 36.0. The van der Waals surface area contributed by atoms with Crippen LogP contribution in [0.1, 0.15) is 11.1 Å². The molecule has 1 aromatic heterocycles. The Bertz CT molecular complexity index is 4180. The van der Waals surface area contributed by atoms with E-state index in [0.29, 0.717) is 11.1 Å². The van der Waals surface area contributed by atoms with Crippen molar-refractivity contribution in [2.24, 2.45) is 0 Å². The van der Waals surface area contributed by atoms with Crippen LogP contribution in [0.4, 0.5) is 34.1 Å². The van der Waals surface area contributed by atoms with Gasteiger partial charge in [0.25, 0.3) is 0 Å². The zero-order chi connectivity index (χ0) is 44.6. The van der Waals surface area contributed by atoms with Gasteiger partial charge in [-0.2, -0.15) is 10.5 Å². The Morgan fingerprint density at radius 3 is 1.69 bits per heavy atom. The third-order valence-corrected chi connectivity index (χ3v) is 13.4. The molecular weight excluding hydrogens is 817 g/mol. The van der Waals surface area contributed by atoms with Gasteiger partial charge in [-0.25, -0.2) is 0 Å². The molecule has 1 heterocycles. The van der Waals surface area contributed by atoms with Crippen LogP contribution in [0, 0.1) is 22.7 Å². The number of furan rings is 1. The second-order valence-corrected chi connectivity index (χ2v) is 17.0. The number of benzene rings is 12. The van der Waals surface area contributed by atoms with E-state index in [1.807, 2.05) is 42.5 Å². The fraction of sp³-hybridized carbons (Fsp3) is 0. The molecule has 0 bridgehead atoms. The lowest BCUT2D eigenvalue weighted by Crippen LogP contribution is -2.13. The standard InChI is InChI=1S/C62H36N4O/c63-37-43-35-56(65(45-18-5-2-6-19-45)47-31-28-40-16-7-8-17-42(40)34-47)59-51-22-10-9-21-50(51)58-44(38-64)36-55(53-33-32-48(43)60(59)61(53)58)66(46-29-26-41(27-30-46)39-14-3-1-4-15-39)54-24-13-23-52-49-20-11-12-25-57(49)67-62(52)54/h1-36H. The first-order chi connectivity index (χ1) is 33.2. The van der Waals surface area contributed by atoms with Crippen molar-refractivity contribution < 1.29 is 4.42 Å². The summed E-state index contributed by atoms with van der Waals surface area (Å²) in [7, 11) is 0. The van der Waals surface area contributed by atoms with E-state index in [4.69, 9.17) is 4.42 Å². The molecule has 0 radical (unpaired) electrons. The Labute approximate surface area is 385 Å². The van der Waals surface area contributed by atoms with Gasteiger partial charge in [0.1, 0.15) is 5.58 Å². The SMILES string of the molecule is N#Cc1cc(N(c2ccccc2)c2ccc3ccccc3c2)c2c3ccccc3c3c(C#N)cc(N(c4ccc(-c5ccccc5)cc4)c4cccc5c4oc4ccccc45)c4ccc1c2c43. The number of nitrogens with zero attached hydrogens (tertiary/aromatic N) is 4. The maximum absolute atomic E-state index is 11.4. The van der Waals surface area contributed by atoms with Crippen molar-refractivity contribution in [3.05, 3.63) is 230 Å². The van der Waals surface area contributed by atoms with Crippen molar-refractivity contribution in [3.8, 4) is 23.3 Å². The summed E-state index contributed by atoms with van der Waals surface area (Å²) in [5.74, 6) is 0. The average Bonchev–Trinajstić information content (AvgIpc) is 3.78. The summed E-state index contributed by atoms with van der Waals surface area (Å²) in [6.07, 6.45) is 0. The molecular formula is C62H36N4O. The highest BCUT2D eigenvalue weighted by atomic mass is 16.3. The fourth-order valence-corrected chi connectivity index (χ4v) is 10.5. The van der Waals surface area contributed by atoms with Gasteiger partial charge in [0, 0.05) is 60.2 Å². The number of rotatable bonds is 7. The lowest BCUT2D eigenvalue weighted by molar-refractivity contribution is 0.669. The molecule has 0 aliphatic rings. The molecule has 5 nitrogen and oxygen atoms in total. The summed E-state index contributed by atoms with van der Waals surface area (Å²) >= 11 is 0. The fourth-order valence-electron chi connectivity index (χ4n) is 10.5. The van der Waals surface area contributed by atoms with Gasteiger partial charge in [-0.1, -0.05) is 158 Å². The molecule has 5 heteroatoms. The first-order valence-corrected chi connectivity index (χ1v) is 22.4. The first-order valence-electron chi connectivity index (χ1n) is 22.4. The Kier molecular flexibility index (Phi) is 8.58. The Hall–Kier alpha value is -9.42. The minimum absolute atomic E-state index is 0.536. The van der Waals surface area contributed by atoms with E-state index >= 15 is 0 Å². The van der Waals surface area contributed by atoms with Crippen molar-refractivity contribution >= 4 is 110 Å². The molecule has 0 atom stereocenters. The van der Waals surface area contributed by atoms with Crippen molar-refractivity contribution in [3.63, 3.8) is 0 Å². The average molecular weight is 853 g/mol. The van der Waals surface area contributed by atoms with Crippen LogP contribution in [0.2, 0.25) is 0 Å². The molecule has 13 rings (SSSR count). The topological polar surface area (TPSA) is 67.2 Å². The highest BCUT2D eigenvalue weighted by molar-refractivity contribution is 6.39. The van der Waals surface area contributed by atoms with Gasteiger partial charge in [0.2, 0.25) is 0 Å². The van der Waals surface area contributed by atoms with Crippen LogP contribution in [-0.4, -0.2) is 0 Å². The Morgan fingerprint density at radius 2 is 0.910 bits per heavy atom. The molecule has 0 spiro atoms. The van der Waals surface area contributed by atoms with Crippen LogP contribution in [-0.2, 0) is 0 Å². The van der Waals surface area contributed by atoms with Gasteiger partial charge in [0.05, 0.1) is 40.3 Å². The predicted octanol–water partition coefficient (Wildman–Crippen LogP) is 17.1. The van der Waals surface area contributed by atoms with E-state index < -0.39 is 0 Å². The van der Waals surface area contributed by atoms with Crippen LogP contribution in [0.25, 0.3) is 86.9 Å². The normalized spacial score (nSPS) is 11.6. The summed E-state index contributed by atoms with van der Waals surface area (Å²) in [6.45, 7) is 0. The van der Waals surface area contributed by atoms with Crippen LogP contribution in [0.15, 0.2) is 223 Å². The number of nitriles is 2. The highest BCUT2D eigenvalue weighted by Crippen LogP contribution is 2.53. The van der Waals surface area contributed by atoms with E-state index in [9.17, 15) is 10.5 Å². The molecule has 0 saturated heterocycles. The van der Waals surface area contributed by atoms with Crippen molar-refractivity contribution in [2.75, 3.05) is 9.80 Å². The molecule has 0 amide bonds. The van der Waals surface area contributed by atoms with Crippen molar-refractivity contribution in [2.45, 2.75) is 0 Å². The maximum atomic E-state index is 11.4. The van der Waals surface area contributed by atoms with Gasteiger partial charge in [0.15, 0.2) is 5.58 Å². The molecule has 0 fully saturated rings. The minimum Gasteiger partial charge on any atom is -0.454 e. The second kappa shape index (κ2) is 15.1. The van der Waals surface area contributed by atoms with Gasteiger partial charge in [-0.3, -0.25) is 0 Å². The van der Waals surface area contributed by atoms with Crippen LogP contribution in [0.5, 0.6) is 0 Å². The Morgan fingerprint density at radius 1 is 0.328 bits per heavy atom. The van der Waals surface area contributed by atoms with Crippen molar-refractivity contribution in [1.82, 2.24) is 0 Å². The van der Waals surface area contributed by atoms with Crippen molar-refractivity contribution in [1.29, 1.82) is 10.5 Å². The largest absolute Gasteiger partial charge is 0.454 e. The molecule has 0 saturated carbocycles. The summed E-state index contributed by atoms with van der Waals surface area (Å²) in [5.41, 5.74) is 10.2. The first kappa shape index (κ1) is 38.1. The number of fused-ring (bicyclic) bond motifs is 7. The van der Waals surface area contributed by atoms with Crippen LogP contribution in [0.3, 0.4) is 0 Å². The highest BCUT2D eigenvalue weighted by Gasteiger charge is 2.28. The van der Waals surface area contributed by atoms with E-state index in [0.717, 1.165) is 121 Å². The second-order valence-electron chi connectivity index (χ2n) is 17.0. The molecule has 13 aromatic rings. The minimum atomic E-state index is 0.536. The number of para-hydroxylation sites is 3. The molecule has 0 unspecified atom stereocenters. The summed E-state index contributed by atoms with van der Waals surface area (Å²) < 4.78 is 6.77. The lowest BCUT2D eigenvalue weighted by atomic mass is 9.84. The van der Waals surface area contributed by atoms with Gasteiger partial charge in [-0.05, 0) is 93.3 Å². The number of hydrogen-bond acceptors (Lipinski definition) is 5. The maximum Gasteiger partial charge on any atom is 0.159 e. The Balaban J connectivity index is 1.17. The van der Waals surface area contributed by atoms with Crippen LogP contribution >= 0.6 is 0 Å². The van der Waals surface area contributed by atoms with E-state index in [2.05, 4.69) is 198 Å². The molecule has 12 aromatic carbocycles. The summed E-state index contributed by atoms with van der Waals surface area (Å²) in [4.78, 5) is 4.52. The predicted molar refractivity (Wildman–Crippen MR) is 277 cm³/mol. The lowest BCUT2D eigenvalue weighted by Gasteiger charge is -2.31. The monoisotopic (exact) mass is 852 g/mol. The van der Waals surface area contributed by atoms with Crippen LogP contribution < -0.4 is 9.80 Å². The van der Waals surface area contributed by atoms with Gasteiger partial charge in [-0.15, -0.1) is 0 Å². The van der Waals surface area contributed by atoms with Gasteiger partial charge < -0.3 is 14.2 Å². The molecule has 0 N–H and O–H groups in total. The molecule has 0 aliphatic carbocycles. The quantitative estimate of drug-likeness (QED) is 0.118. The zero-order valence-corrected chi connectivity index (χ0v) is 36.0. The third-order valence-electron chi connectivity index (χ3n) is 13.4. The molecule has 0 aliphatic heterocycles. The number of anilines is 6. The smallest absolute Gasteiger partial charge is 0.159 e. The molecule has 310 valence electrons. The van der Waals surface area contributed by atoms with Gasteiger partial charge >= 0.3 is 0 Å².